The molecule has 1 fully saturated rings. The van der Waals surface area contributed by atoms with Crippen molar-refractivity contribution in [1.29, 1.82) is 0 Å². The lowest BCUT2D eigenvalue weighted by atomic mass is 9.99. The minimum absolute atomic E-state index is 0.0275. The van der Waals surface area contributed by atoms with Crippen LogP contribution < -0.4 is 0 Å². The minimum atomic E-state index is -5.07. The molecule has 1 saturated heterocycles. The summed E-state index contributed by atoms with van der Waals surface area (Å²) in [4.78, 5) is 12.9. The summed E-state index contributed by atoms with van der Waals surface area (Å²) in [6.45, 7) is 3.92. The van der Waals surface area contributed by atoms with Crippen molar-refractivity contribution >= 4 is 16.4 Å². The SMILES string of the molecule is CCCC/C=C\C/C=C\CCCCCCCC(=O)OC(COCCCCCCCCCCCC/C=C\C/C=C\CCCCCCC)COC1OC(CO)C(O)C(OS(=O)(=O)O)C1O. The number of allylic oxidation sites excluding steroid dienone is 8. The predicted octanol–water partition coefficient (Wildman–Crippen LogP) is 11.1. The third kappa shape index (κ3) is 35.0. The van der Waals surface area contributed by atoms with E-state index in [2.05, 4.69) is 66.6 Å². The Hall–Kier alpha value is -1.94. The van der Waals surface area contributed by atoms with Crippen LogP contribution in [0.4, 0.5) is 0 Å². The van der Waals surface area contributed by atoms with Crippen molar-refractivity contribution in [3.63, 3.8) is 0 Å². The fraction of sp³-hybridized carbons (Fsp3) is 0.820. The number of rotatable bonds is 43. The molecule has 63 heavy (non-hydrogen) atoms. The van der Waals surface area contributed by atoms with Gasteiger partial charge in [0.25, 0.3) is 0 Å². The van der Waals surface area contributed by atoms with E-state index in [0.717, 1.165) is 70.6 Å². The molecule has 0 radical (unpaired) electrons. The van der Waals surface area contributed by atoms with Crippen molar-refractivity contribution in [3.8, 4) is 0 Å². The van der Waals surface area contributed by atoms with Crippen LogP contribution in [0.25, 0.3) is 0 Å². The molecule has 1 aliphatic heterocycles. The normalized spacial score (nSPS) is 20.3. The van der Waals surface area contributed by atoms with E-state index in [4.69, 9.17) is 18.9 Å². The Labute approximate surface area is 383 Å². The predicted molar refractivity (Wildman–Crippen MR) is 253 cm³/mol. The van der Waals surface area contributed by atoms with Crippen LogP contribution in [0.15, 0.2) is 48.6 Å². The molecule has 0 saturated carbocycles. The van der Waals surface area contributed by atoms with Crippen LogP contribution in [-0.2, 0) is 38.3 Å². The number of ether oxygens (including phenoxy) is 4. The lowest BCUT2D eigenvalue weighted by molar-refractivity contribution is -0.301. The van der Waals surface area contributed by atoms with E-state index in [1.54, 1.807) is 0 Å². The van der Waals surface area contributed by atoms with Gasteiger partial charge >= 0.3 is 16.4 Å². The zero-order valence-electron chi connectivity index (χ0n) is 39.4. The lowest BCUT2D eigenvalue weighted by Crippen LogP contribution is -2.60. The van der Waals surface area contributed by atoms with E-state index in [-0.39, 0.29) is 19.6 Å². The third-order valence-corrected chi connectivity index (χ3v) is 11.6. The topological polar surface area (TPSA) is 178 Å². The Balaban J connectivity index is 2.36. The van der Waals surface area contributed by atoms with Crippen molar-refractivity contribution in [2.45, 2.75) is 237 Å². The average molecular weight is 915 g/mol. The summed E-state index contributed by atoms with van der Waals surface area (Å²) in [5, 5.41) is 30.7. The second kappa shape index (κ2) is 41.5. The molecule has 0 aliphatic carbocycles. The van der Waals surface area contributed by atoms with E-state index < -0.39 is 59.8 Å². The van der Waals surface area contributed by atoms with Crippen molar-refractivity contribution in [1.82, 2.24) is 0 Å². The number of carbonyl (C=O) groups is 1. The highest BCUT2D eigenvalue weighted by molar-refractivity contribution is 7.80. The molecule has 0 aromatic carbocycles. The number of carbonyl (C=O) groups excluding carboxylic acids is 1. The molecular weight excluding hydrogens is 825 g/mol. The lowest BCUT2D eigenvalue weighted by Gasteiger charge is -2.41. The van der Waals surface area contributed by atoms with Crippen LogP contribution in [0.2, 0.25) is 0 Å². The van der Waals surface area contributed by atoms with Crippen molar-refractivity contribution in [2.75, 3.05) is 26.4 Å². The van der Waals surface area contributed by atoms with Gasteiger partial charge in [-0.15, -0.1) is 0 Å². The van der Waals surface area contributed by atoms with E-state index in [0.29, 0.717) is 13.0 Å². The van der Waals surface area contributed by atoms with Crippen LogP contribution in [0, 0.1) is 0 Å². The molecule has 6 atom stereocenters. The van der Waals surface area contributed by atoms with Gasteiger partial charge in [-0.05, 0) is 70.6 Å². The van der Waals surface area contributed by atoms with E-state index in [9.17, 15) is 33.1 Å². The summed E-state index contributed by atoms with van der Waals surface area (Å²) in [5.41, 5.74) is 0. The molecule has 1 aliphatic rings. The van der Waals surface area contributed by atoms with Gasteiger partial charge in [-0.25, -0.2) is 4.18 Å². The van der Waals surface area contributed by atoms with Gasteiger partial charge in [0.1, 0.15) is 30.5 Å². The van der Waals surface area contributed by atoms with Gasteiger partial charge in [0.05, 0.1) is 19.8 Å². The second-order valence-corrected chi connectivity index (χ2v) is 18.1. The zero-order chi connectivity index (χ0) is 46.1. The highest BCUT2D eigenvalue weighted by atomic mass is 32.3. The molecule has 0 bridgehead atoms. The van der Waals surface area contributed by atoms with Crippen molar-refractivity contribution in [2.24, 2.45) is 0 Å². The van der Waals surface area contributed by atoms with Gasteiger partial charge in [0, 0.05) is 13.0 Å². The van der Waals surface area contributed by atoms with Crippen molar-refractivity contribution < 1.29 is 56.2 Å². The van der Waals surface area contributed by atoms with E-state index in [1.165, 1.54) is 103 Å². The van der Waals surface area contributed by atoms with Gasteiger partial charge in [0.15, 0.2) is 6.29 Å². The molecule has 1 heterocycles. The van der Waals surface area contributed by atoms with Gasteiger partial charge in [-0.3, -0.25) is 9.35 Å². The smallest absolute Gasteiger partial charge is 0.397 e. The first-order valence-electron chi connectivity index (χ1n) is 24.9. The first-order chi connectivity index (χ1) is 30.6. The number of hydrogen-bond donors (Lipinski definition) is 4. The van der Waals surface area contributed by atoms with Crippen LogP contribution in [0.5, 0.6) is 0 Å². The monoisotopic (exact) mass is 915 g/mol. The summed E-state index contributed by atoms with van der Waals surface area (Å²) in [6.07, 6.45) is 41.4. The maximum Gasteiger partial charge on any atom is 0.397 e. The van der Waals surface area contributed by atoms with Crippen LogP contribution >= 0.6 is 0 Å². The fourth-order valence-electron chi connectivity index (χ4n) is 7.37. The minimum Gasteiger partial charge on any atom is -0.457 e. The molecule has 4 N–H and O–H groups in total. The molecule has 1 rings (SSSR count). The summed E-state index contributed by atoms with van der Waals surface area (Å²) < 4.78 is 59.2. The molecule has 368 valence electrons. The Bertz CT molecular complexity index is 1290. The Kier molecular flexibility index (Phi) is 38.9. The fourth-order valence-corrected chi connectivity index (χ4v) is 7.87. The first-order valence-corrected chi connectivity index (χ1v) is 26.3. The largest absolute Gasteiger partial charge is 0.457 e. The maximum absolute atomic E-state index is 12.9. The molecule has 0 amide bonds. The van der Waals surface area contributed by atoms with Crippen molar-refractivity contribution in [3.05, 3.63) is 48.6 Å². The number of aliphatic hydroxyl groups excluding tert-OH is 3. The van der Waals surface area contributed by atoms with Crippen LogP contribution in [-0.4, -0.2) is 97.5 Å². The highest BCUT2D eigenvalue weighted by Crippen LogP contribution is 2.26. The van der Waals surface area contributed by atoms with Gasteiger partial charge < -0.3 is 34.3 Å². The Morgan fingerprint density at radius 2 is 1.06 bits per heavy atom. The second-order valence-electron chi connectivity index (χ2n) is 17.0. The maximum atomic E-state index is 12.9. The molecule has 0 aromatic rings. The number of aliphatic hydroxyl groups is 3. The van der Waals surface area contributed by atoms with E-state index in [1.807, 2.05) is 0 Å². The number of esters is 1. The summed E-state index contributed by atoms with van der Waals surface area (Å²) in [5.74, 6) is -0.415. The molecule has 6 unspecified atom stereocenters. The third-order valence-electron chi connectivity index (χ3n) is 11.2. The average Bonchev–Trinajstić information content (AvgIpc) is 3.26. The van der Waals surface area contributed by atoms with E-state index >= 15 is 0 Å². The number of unbranched alkanes of at least 4 members (excludes halogenated alkanes) is 22. The molecule has 13 heteroatoms. The quantitative estimate of drug-likeness (QED) is 0.0197. The first kappa shape index (κ1) is 59.1. The van der Waals surface area contributed by atoms with Gasteiger partial charge in [0.2, 0.25) is 0 Å². The van der Waals surface area contributed by atoms with Gasteiger partial charge in [-0.1, -0.05) is 172 Å². The molecule has 12 nitrogen and oxygen atoms in total. The molecular formula is C50H90O12S. The van der Waals surface area contributed by atoms with Crippen LogP contribution in [0.1, 0.15) is 200 Å². The summed E-state index contributed by atoms with van der Waals surface area (Å²) in [6, 6.07) is 0. The van der Waals surface area contributed by atoms with Crippen LogP contribution in [0.3, 0.4) is 0 Å². The Morgan fingerprint density at radius 3 is 1.56 bits per heavy atom. The number of hydrogen-bond acceptors (Lipinski definition) is 11. The Morgan fingerprint density at radius 1 is 0.603 bits per heavy atom. The molecule has 0 spiro atoms. The highest BCUT2D eigenvalue weighted by Gasteiger charge is 2.48. The standard InChI is InChI=1S/C50H90O12S/c1-3-5-7-9-11-13-15-17-19-20-21-22-23-24-25-26-28-30-32-34-36-38-40-58-42-44(43-59-50-48(54)49(62-63(55,56)57)47(53)45(41-51)61-50)60-46(52)39-37-35-33-31-29-27-18-16-14-12-10-8-6-4-2/h10,12,15-18,20-21,44-45,47-51,53-54H,3-9,11,13-14,19,22-43H2,1-2H3,(H,55,56,57)/b12-10-,17-15-,18-16-,21-20-. The molecule has 0 aromatic heterocycles. The summed E-state index contributed by atoms with van der Waals surface area (Å²) in [7, 11) is -5.07. The zero-order valence-corrected chi connectivity index (χ0v) is 40.2. The van der Waals surface area contributed by atoms with Gasteiger partial charge in [-0.2, -0.15) is 8.42 Å². The summed E-state index contributed by atoms with van der Waals surface area (Å²) >= 11 is 0.